The number of anilines is 5. The highest BCUT2D eigenvalue weighted by molar-refractivity contribution is 6.11. The number of nitrogens with zero attached hydrogens (tertiary/aromatic N) is 4. The molecular formula is C25H19N7O. The molecular weight excluding hydrogens is 414 g/mol. The smallest absolute Gasteiger partial charge is 0.274 e. The molecule has 0 aliphatic rings. The fourth-order valence-corrected chi connectivity index (χ4v) is 3.34. The first kappa shape index (κ1) is 20.1. The monoisotopic (exact) mass is 433 g/mol. The largest absolute Gasteiger partial charge is 0.340 e. The first-order valence-electron chi connectivity index (χ1n) is 10.3. The summed E-state index contributed by atoms with van der Waals surface area (Å²) in [5.74, 6) is 1.69. The Morgan fingerprint density at radius 2 is 1.39 bits per heavy atom. The summed E-state index contributed by atoms with van der Waals surface area (Å²) in [4.78, 5) is 29.7. The van der Waals surface area contributed by atoms with Crippen LogP contribution in [0.15, 0.2) is 97.6 Å². The van der Waals surface area contributed by atoms with Gasteiger partial charge in [-0.15, -0.1) is 0 Å². The number of fused-ring (bicyclic) bond motifs is 1. The zero-order valence-electron chi connectivity index (χ0n) is 17.4. The first-order valence-corrected chi connectivity index (χ1v) is 10.3. The van der Waals surface area contributed by atoms with Crippen molar-refractivity contribution in [1.82, 2.24) is 19.9 Å². The number of rotatable bonds is 6. The summed E-state index contributed by atoms with van der Waals surface area (Å²) in [6.45, 7) is 0. The van der Waals surface area contributed by atoms with Gasteiger partial charge in [-0.05, 0) is 47.9 Å². The number of aromatic nitrogens is 4. The van der Waals surface area contributed by atoms with Crippen LogP contribution in [0.1, 0.15) is 10.5 Å². The molecule has 2 aromatic carbocycles. The number of hydrogen-bond donors (Lipinski definition) is 3. The molecule has 8 heteroatoms. The molecule has 0 radical (unpaired) electrons. The summed E-state index contributed by atoms with van der Waals surface area (Å²) in [6, 6.07) is 24.3. The lowest BCUT2D eigenvalue weighted by Gasteiger charge is -2.10. The molecule has 1 amide bonds. The molecule has 0 spiro atoms. The van der Waals surface area contributed by atoms with Gasteiger partial charge in [0.25, 0.3) is 5.91 Å². The van der Waals surface area contributed by atoms with Crippen molar-refractivity contribution in [1.29, 1.82) is 0 Å². The van der Waals surface area contributed by atoms with Gasteiger partial charge in [0.2, 0.25) is 0 Å². The van der Waals surface area contributed by atoms with Gasteiger partial charge < -0.3 is 16.0 Å². The van der Waals surface area contributed by atoms with E-state index in [1.165, 1.54) is 6.33 Å². The Hall–Kier alpha value is -4.85. The van der Waals surface area contributed by atoms with Crippen molar-refractivity contribution in [3.05, 3.63) is 103 Å². The number of nitrogens with one attached hydrogen (secondary N) is 3. The van der Waals surface area contributed by atoms with E-state index in [0.29, 0.717) is 28.8 Å². The van der Waals surface area contributed by atoms with E-state index in [9.17, 15) is 4.79 Å². The molecule has 0 fully saturated rings. The van der Waals surface area contributed by atoms with Crippen molar-refractivity contribution < 1.29 is 4.79 Å². The first-order chi connectivity index (χ1) is 16.2. The minimum Gasteiger partial charge on any atom is -0.340 e. The Kier molecular flexibility index (Phi) is 5.54. The van der Waals surface area contributed by atoms with Gasteiger partial charge in [0.05, 0.1) is 0 Å². The zero-order chi connectivity index (χ0) is 22.5. The predicted octanol–water partition coefficient (Wildman–Crippen LogP) is 5.16. The van der Waals surface area contributed by atoms with Gasteiger partial charge in [-0.3, -0.25) is 9.78 Å². The van der Waals surface area contributed by atoms with Crippen molar-refractivity contribution in [3.63, 3.8) is 0 Å². The maximum atomic E-state index is 12.8. The van der Waals surface area contributed by atoms with E-state index in [1.54, 1.807) is 18.5 Å². The third-order valence-electron chi connectivity index (χ3n) is 4.89. The Morgan fingerprint density at radius 3 is 2.21 bits per heavy atom. The molecule has 5 aromatic rings. The van der Waals surface area contributed by atoms with Crippen LogP contribution in [0.4, 0.5) is 28.8 Å². The highest BCUT2D eigenvalue weighted by atomic mass is 16.1. The van der Waals surface area contributed by atoms with Gasteiger partial charge >= 0.3 is 0 Å². The SMILES string of the molecule is O=C(Nc1ccc(Nc2cc(Nc3ccccn3)ncn2)cc1)c1nccc2ccccc12. The highest BCUT2D eigenvalue weighted by Gasteiger charge is 2.11. The van der Waals surface area contributed by atoms with Crippen LogP contribution in [0.5, 0.6) is 0 Å². The zero-order valence-corrected chi connectivity index (χ0v) is 17.4. The molecule has 5 rings (SSSR count). The Bertz CT molecular complexity index is 1400. The fourth-order valence-electron chi connectivity index (χ4n) is 3.34. The summed E-state index contributed by atoms with van der Waals surface area (Å²) < 4.78 is 0. The van der Waals surface area contributed by atoms with Gasteiger partial charge in [-0.2, -0.15) is 0 Å². The topological polar surface area (TPSA) is 105 Å². The molecule has 0 atom stereocenters. The van der Waals surface area contributed by atoms with Crippen molar-refractivity contribution in [2.75, 3.05) is 16.0 Å². The molecule has 0 unspecified atom stereocenters. The molecule has 0 aliphatic carbocycles. The lowest BCUT2D eigenvalue weighted by atomic mass is 10.1. The second kappa shape index (κ2) is 9.11. The Labute approximate surface area is 189 Å². The molecule has 8 nitrogen and oxygen atoms in total. The molecule has 3 heterocycles. The van der Waals surface area contributed by atoms with E-state index in [2.05, 4.69) is 35.9 Å². The third kappa shape index (κ3) is 4.75. The third-order valence-corrected chi connectivity index (χ3v) is 4.89. The summed E-state index contributed by atoms with van der Waals surface area (Å²) in [7, 11) is 0. The van der Waals surface area contributed by atoms with Gasteiger partial charge in [0.15, 0.2) is 0 Å². The van der Waals surface area contributed by atoms with Crippen LogP contribution in [-0.4, -0.2) is 25.8 Å². The molecule has 33 heavy (non-hydrogen) atoms. The van der Waals surface area contributed by atoms with E-state index in [1.807, 2.05) is 72.8 Å². The summed E-state index contributed by atoms with van der Waals surface area (Å²) in [6.07, 6.45) is 4.82. The molecule has 0 aliphatic heterocycles. The standard InChI is InChI=1S/C25H19N7O/c33-25(24-20-6-2-1-5-17(20)12-14-27-24)31-19-10-8-18(9-11-19)30-22-15-23(29-16-28-22)32-21-7-3-4-13-26-21/h1-16H,(H,31,33)(H2,26,28,29,30,32). The summed E-state index contributed by atoms with van der Waals surface area (Å²) >= 11 is 0. The average Bonchev–Trinajstić information content (AvgIpc) is 2.86. The normalized spacial score (nSPS) is 10.5. The van der Waals surface area contributed by atoms with E-state index >= 15 is 0 Å². The fraction of sp³-hybridized carbons (Fsp3) is 0. The van der Waals surface area contributed by atoms with Crippen LogP contribution in [0.2, 0.25) is 0 Å². The Morgan fingerprint density at radius 1 is 0.636 bits per heavy atom. The maximum Gasteiger partial charge on any atom is 0.274 e. The van der Waals surface area contributed by atoms with Gasteiger partial charge in [0.1, 0.15) is 29.5 Å². The van der Waals surface area contributed by atoms with Crippen molar-refractivity contribution >= 4 is 45.5 Å². The number of benzene rings is 2. The van der Waals surface area contributed by atoms with Crippen LogP contribution in [-0.2, 0) is 0 Å². The van der Waals surface area contributed by atoms with Crippen LogP contribution in [0.3, 0.4) is 0 Å². The molecule has 160 valence electrons. The number of hydrogen-bond acceptors (Lipinski definition) is 7. The maximum absolute atomic E-state index is 12.8. The van der Waals surface area contributed by atoms with E-state index < -0.39 is 0 Å². The predicted molar refractivity (Wildman–Crippen MR) is 129 cm³/mol. The lowest BCUT2D eigenvalue weighted by molar-refractivity contribution is 0.102. The van der Waals surface area contributed by atoms with Gasteiger partial charge in [-0.25, -0.2) is 15.0 Å². The molecule has 0 saturated carbocycles. The summed E-state index contributed by atoms with van der Waals surface area (Å²) in [5, 5.41) is 11.1. The number of pyridine rings is 2. The second-order valence-corrected chi connectivity index (χ2v) is 7.17. The van der Waals surface area contributed by atoms with Crippen LogP contribution in [0.25, 0.3) is 10.8 Å². The minimum absolute atomic E-state index is 0.256. The van der Waals surface area contributed by atoms with E-state index in [4.69, 9.17) is 0 Å². The molecule has 0 saturated heterocycles. The second-order valence-electron chi connectivity index (χ2n) is 7.17. The van der Waals surface area contributed by atoms with Gasteiger partial charge in [-0.1, -0.05) is 30.3 Å². The summed E-state index contributed by atoms with van der Waals surface area (Å²) in [5.41, 5.74) is 1.88. The lowest BCUT2D eigenvalue weighted by Crippen LogP contribution is -2.14. The highest BCUT2D eigenvalue weighted by Crippen LogP contribution is 2.21. The van der Waals surface area contributed by atoms with Gasteiger partial charge in [0, 0.05) is 35.2 Å². The average molecular weight is 433 g/mol. The quantitative estimate of drug-likeness (QED) is 0.340. The van der Waals surface area contributed by atoms with Crippen molar-refractivity contribution in [3.8, 4) is 0 Å². The minimum atomic E-state index is -0.256. The van der Waals surface area contributed by atoms with E-state index in [-0.39, 0.29) is 5.91 Å². The number of carbonyl (C=O) groups excluding carboxylic acids is 1. The molecule has 3 N–H and O–H groups in total. The number of carbonyl (C=O) groups is 1. The number of amides is 1. The molecule has 3 aromatic heterocycles. The van der Waals surface area contributed by atoms with E-state index in [0.717, 1.165) is 16.5 Å². The van der Waals surface area contributed by atoms with Crippen molar-refractivity contribution in [2.24, 2.45) is 0 Å². The Balaban J connectivity index is 1.26. The van der Waals surface area contributed by atoms with Crippen molar-refractivity contribution in [2.45, 2.75) is 0 Å². The molecule has 0 bridgehead atoms. The van der Waals surface area contributed by atoms with Crippen LogP contribution < -0.4 is 16.0 Å². The van der Waals surface area contributed by atoms with Crippen LogP contribution >= 0.6 is 0 Å². The van der Waals surface area contributed by atoms with Crippen LogP contribution in [0, 0.1) is 0 Å².